The maximum absolute atomic E-state index is 3.72. The van der Waals surface area contributed by atoms with Crippen molar-refractivity contribution < 1.29 is 0 Å². The van der Waals surface area contributed by atoms with Gasteiger partial charge in [0.1, 0.15) is 0 Å². The molecule has 2 heteroatoms. The Morgan fingerprint density at radius 2 is 2.07 bits per heavy atom. The quantitative estimate of drug-likeness (QED) is 0.852. The van der Waals surface area contributed by atoms with Crippen LogP contribution in [0.4, 0.5) is 0 Å². The van der Waals surface area contributed by atoms with Crippen molar-refractivity contribution in [1.82, 2.24) is 5.32 Å². The lowest BCUT2D eigenvalue weighted by molar-refractivity contribution is 0.527. The van der Waals surface area contributed by atoms with Crippen LogP contribution in [0.25, 0.3) is 0 Å². The zero-order valence-electron chi connectivity index (χ0n) is 8.09. The molecule has 14 heavy (non-hydrogen) atoms. The van der Waals surface area contributed by atoms with Gasteiger partial charge in [0.15, 0.2) is 0 Å². The number of benzene rings is 1. The Labute approximate surface area is 93.0 Å². The van der Waals surface area contributed by atoms with Crippen LogP contribution >= 0.6 is 15.9 Å². The van der Waals surface area contributed by atoms with Crippen molar-refractivity contribution in [3.8, 4) is 0 Å². The molecule has 0 bridgehead atoms. The molecule has 1 N–H and O–H groups in total. The van der Waals surface area contributed by atoms with E-state index in [1.807, 2.05) is 0 Å². The van der Waals surface area contributed by atoms with Crippen molar-refractivity contribution in [3.05, 3.63) is 33.8 Å². The maximum atomic E-state index is 3.72. The van der Waals surface area contributed by atoms with Gasteiger partial charge in [-0.2, -0.15) is 0 Å². The van der Waals surface area contributed by atoms with E-state index in [0.29, 0.717) is 6.04 Å². The van der Waals surface area contributed by atoms with Crippen LogP contribution in [0, 0.1) is 0 Å². The Hall–Kier alpha value is -0.340. The second-order valence-electron chi connectivity index (χ2n) is 4.38. The molecule has 0 radical (unpaired) electrons. The minimum atomic E-state index is 0.620. The van der Waals surface area contributed by atoms with Gasteiger partial charge in [0.25, 0.3) is 0 Å². The lowest BCUT2D eigenvalue weighted by Gasteiger charge is -2.13. The highest BCUT2D eigenvalue weighted by molar-refractivity contribution is 9.10. The molecule has 1 saturated carbocycles. The number of fused-ring (bicyclic) bond motifs is 1. The average molecular weight is 252 g/mol. The van der Waals surface area contributed by atoms with Gasteiger partial charge in [-0.15, -0.1) is 0 Å². The van der Waals surface area contributed by atoms with E-state index in [1.54, 1.807) is 0 Å². The van der Waals surface area contributed by atoms with Crippen LogP contribution in [0.3, 0.4) is 0 Å². The molecule has 0 aromatic heterocycles. The molecular formula is C12H14BrN. The summed E-state index contributed by atoms with van der Waals surface area (Å²) in [6.45, 7) is 0. The van der Waals surface area contributed by atoms with Gasteiger partial charge in [-0.3, -0.25) is 0 Å². The Morgan fingerprint density at radius 1 is 1.21 bits per heavy atom. The minimum absolute atomic E-state index is 0.620. The van der Waals surface area contributed by atoms with E-state index in [0.717, 1.165) is 6.04 Å². The molecule has 0 aliphatic heterocycles. The van der Waals surface area contributed by atoms with Crippen molar-refractivity contribution in [2.75, 3.05) is 0 Å². The molecule has 1 aromatic carbocycles. The van der Waals surface area contributed by atoms with Crippen molar-refractivity contribution in [3.63, 3.8) is 0 Å². The summed E-state index contributed by atoms with van der Waals surface area (Å²) in [6.07, 6.45) is 5.27. The second kappa shape index (κ2) is 3.35. The summed E-state index contributed by atoms with van der Waals surface area (Å²) in [5.74, 6) is 0. The summed E-state index contributed by atoms with van der Waals surface area (Å²) < 4.78 is 1.21. The third-order valence-electron chi connectivity index (χ3n) is 3.20. The van der Waals surface area contributed by atoms with E-state index < -0.39 is 0 Å². The van der Waals surface area contributed by atoms with Crippen molar-refractivity contribution >= 4 is 15.9 Å². The van der Waals surface area contributed by atoms with Crippen LogP contribution in [0.1, 0.15) is 36.4 Å². The smallest absolute Gasteiger partial charge is 0.0328 e. The van der Waals surface area contributed by atoms with Gasteiger partial charge in [-0.25, -0.2) is 0 Å². The summed E-state index contributed by atoms with van der Waals surface area (Å²) in [4.78, 5) is 0. The van der Waals surface area contributed by atoms with E-state index in [4.69, 9.17) is 0 Å². The number of aryl methyl sites for hydroxylation is 1. The summed E-state index contributed by atoms with van der Waals surface area (Å²) in [5.41, 5.74) is 3.05. The van der Waals surface area contributed by atoms with Crippen LogP contribution in [-0.2, 0) is 6.42 Å². The van der Waals surface area contributed by atoms with E-state index in [-0.39, 0.29) is 0 Å². The van der Waals surface area contributed by atoms with Crippen molar-refractivity contribution in [2.45, 2.75) is 37.8 Å². The highest BCUT2D eigenvalue weighted by Crippen LogP contribution is 2.35. The lowest BCUT2D eigenvalue weighted by atomic mass is 10.1. The van der Waals surface area contributed by atoms with Gasteiger partial charge < -0.3 is 5.32 Å². The third-order valence-corrected chi connectivity index (χ3v) is 3.69. The normalized spacial score (nSPS) is 25.1. The maximum Gasteiger partial charge on any atom is 0.0328 e. The molecule has 0 saturated heterocycles. The minimum Gasteiger partial charge on any atom is -0.307 e. The highest BCUT2D eigenvalue weighted by atomic mass is 79.9. The third kappa shape index (κ3) is 1.61. The zero-order valence-corrected chi connectivity index (χ0v) is 9.68. The molecule has 0 heterocycles. The largest absolute Gasteiger partial charge is 0.307 e. The molecule has 3 rings (SSSR count). The zero-order chi connectivity index (χ0) is 9.54. The van der Waals surface area contributed by atoms with E-state index in [1.165, 1.54) is 41.3 Å². The molecule has 1 atom stereocenters. The number of nitrogens with one attached hydrogen (secondary N) is 1. The van der Waals surface area contributed by atoms with Crippen molar-refractivity contribution in [2.24, 2.45) is 0 Å². The molecule has 1 aromatic rings. The van der Waals surface area contributed by atoms with Gasteiger partial charge in [-0.1, -0.05) is 22.0 Å². The Morgan fingerprint density at radius 3 is 2.86 bits per heavy atom. The lowest BCUT2D eigenvalue weighted by Crippen LogP contribution is -2.21. The van der Waals surface area contributed by atoms with Crippen LogP contribution in [0.2, 0.25) is 0 Å². The van der Waals surface area contributed by atoms with E-state index >= 15 is 0 Å². The Balaban J connectivity index is 1.87. The average Bonchev–Trinajstić information content (AvgIpc) is 2.90. The Bertz CT molecular complexity index is 357. The van der Waals surface area contributed by atoms with Crippen LogP contribution in [0.15, 0.2) is 22.7 Å². The number of hydrogen-bond acceptors (Lipinski definition) is 1. The first-order chi connectivity index (χ1) is 6.83. The first kappa shape index (κ1) is 8.93. The number of rotatable bonds is 2. The first-order valence-electron chi connectivity index (χ1n) is 5.37. The predicted molar refractivity (Wildman–Crippen MR) is 61.4 cm³/mol. The van der Waals surface area contributed by atoms with Gasteiger partial charge in [0.05, 0.1) is 0 Å². The highest BCUT2D eigenvalue weighted by Gasteiger charge is 2.29. The van der Waals surface area contributed by atoms with Crippen LogP contribution in [-0.4, -0.2) is 6.04 Å². The SMILES string of the molecule is Brc1ccc2c(c1)C(NC1CC1)CC2. The second-order valence-corrected chi connectivity index (χ2v) is 5.29. The molecule has 0 amide bonds. The van der Waals surface area contributed by atoms with Gasteiger partial charge in [0.2, 0.25) is 0 Å². The molecule has 1 fully saturated rings. The van der Waals surface area contributed by atoms with E-state index in [9.17, 15) is 0 Å². The summed E-state index contributed by atoms with van der Waals surface area (Å²) in [7, 11) is 0. The molecule has 74 valence electrons. The fraction of sp³-hybridized carbons (Fsp3) is 0.500. The molecule has 0 spiro atoms. The number of hydrogen-bond donors (Lipinski definition) is 1. The fourth-order valence-corrected chi connectivity index (χ4v) is 2.66. The molecule has 1 nitrogen and oxygen atoms in total. The monoisotopic (exact) mass is 251 g/mol. The van der Waals surface area contributed by atoms with E-state index in [2.05, 4.69) is 39.4 Å². The number of halogens is 1. The standard InChI is InChI=1S/C12H14BrN/c13-9-3-1-8-2-6-12(11(8)7-9)14-10-4-5-10/h1,3,7,10,12,14H,2,4-6H2. The summed E-state index contributed by atoms with van der Waals surface area (Å²) in [5, 5.41) is 3.72. The van der Waals surface area contributed by atoms with Gasteiger partial charge >= 0.3 is 0 Å². The molecule has 2 aliphatic carbocycles. The first-order valence-corrected chi connectivity index (χ1v) is 6.16. The van der Waals surface area contributed by atoms with Crippen LogP contribution in [0.5, 0.6) is 0 Å². The fourth-order valence-electron chi connectivity index (χ4n) is 2.28. The Kier molecular flexibility index (Phi) is 2.14. The predicted octanol–water partition coefficient (Wildman–Crippen LogP) is 3.19. The summed E-state index contributed by atoms with van der Waals surface area (Å²) >= 11 is 3.55. The molecule has 2 aliphatic rings. The van der Waals surface area contributed by atoms with Crippen LogP contribution < -0.4 is 5.32 Å². The van der Waals surface area contributed by atoms with Gasteiger partial charge in [-0.05, 0) is 48.9 Å². The molecule has 1 unspecified atom stereocenters. The van der Waals surface area contributed by atoms with Gasteiger partial charge in [0, 0.05) is 16.6 Å². The molecular weight excluding hydrogens is 238 g/mol. The topological polar surface area (TPSA) is 12.0 Å². The summed E-state index contributed by atoms with van der Waals surface area (Å²) in [6, 6.07) is 8.12. The van der Waals surface area contributed by atoms with Crippen molar-refractivity contribution in [1.29, 1.82) is 0 Å².